The SMILES string of the molecule is CC(C)C(=O)Cc1ccc2sc(C(=O)CO)cc2c1. The third-order valence-corrected chi connectivity index (χ3v) is 4.18. The summed E-state index contributed by atoms with van der Waals surface area (Å²) in [5.41, 5.74) is 0.965. The number of aliphatic hydroxyl groups is 1. The minimum Gasteiger partial charge on any atom is -0.388 e. The van der Waals surface area contributed by atoms with Gasteiger partial charge in [0.15, 0.2) is 5.78 Å². The van der Waals surface area contributed by atoms with Gasteiger partial charge < -0.3 is 5.11 Å². The maximum Gasteiger partial charge on any atom is 0.198 e. The van der Waals surface area contributed by atoms with Crippen LogP contribution in [0.15, 0.2) is 24.3 Å². The summed E-state index contributed by atoms with van der Waals surface area (Å²) in [7, 11) is 0. The molecular formula is C15H16O3S. The molecule has 0 aliphatic carbocycles. The summed E-state index contributed by atoms with van der Waals surface area (Å²) < 4.78 is 0.998. The smallest absolute Gasteiger partial charge is 0.198 e. The van der Waals surface area contributed by atoms with Gasteiger partial charge in [-0.3, -0.25) is 9.59 Å². The van der Waals surface area contributed by atoms with Crippen LogP contribution in [0.4, 0.5) is 0 Å². The van der Waals surface area contributed by atoms with Crippen molar-refractivity contribution in [2.24, 2.45) is 5.92 Å². The Hall–Kier alpha value is -1.52. The number of hydrogen-bond donors (Lipinski definition) is 1. The number of benzene rings is 1. The van der Waals surface area contributed by atoms with Crippen molar-refractivity contribution in [3.05, 3.63) is 34.7 Å². The van der Waals surface area contributed by atoms with Gasteiger partial charge >= 0.3 is 0 Å². The van der Waals surface area contributed by atoms with E-state index in [1.54, 1.807) is 6.07 Å². The summed E-state index contributed by atoms with van der Waals surface area (Å²) in [5, 5.41) is 9.81. The molecule has 4 heteroatoms. The lowest BCUT2D eigenvalue weighted by atomic mass is 10.0. The first-order valence-electron chi connectivity index (χ1n) is 6.20. The van der Waals surface area contributed by atoms with Gasteiger partial charge in [-0.05, 0) is 29.1 Å². The van der Waals surface area contributed by atoms with E-state index in [0.29, 0.717) is 11.3 Å². The van der Waals surface area contributed by atoms with Crippen LogP contribution in [0.2, 0.25) is 0 Å². The number of fused-ring (bicyclic) bond motifs is 1. The molecule has 0 atom stereocenters. The molecule has 0 saturated heterocycles. The highest BCUT2D eigenvalue weighted by atomic mass is 32.1. The van der Waals surface area contributed by atoms with Crippen LogP contribution in [0.5, 0.6) is 0 Å². The molecule has 0 amide bonds. The van der Waals surface area contributed by atoms with Gasteiger partial charge in [-0.25, -0.2) is 0 Å². The largest absolute Gasteiger partial charge is 0.388 e. The summed E-state index contributed by atoms with van der Waals surface area (Å²) in [6.07, 6.45) is 0.423. The second-order valence-electron chi connectivity index (χ2n) is 4.86. The van der Waals surface area contributed by atoms with Crippen molar-refractivity contribution in [3.8, 4) is 0 Å². The van der Waals surface area contributed by atoms with E-state index < -0.39 is 6.61 Å². The van der Waals surface area contributed by atoms with Crippen molar-refractivity contribution in [1.29, 1.82) is 0 Å². The first-order chi connectivity index (χ1) is 9.01. The molecule has 0 aliphatic heterocycles. The highest BCUT2D eigenvalue weighted by molar-refractivity contribution is 7.20. The van der Waals surface area contributed by atoms with E-state index in [4.69, 9.17) is 5.11 Å². The highest BCUT2D eigenvalue weighted by Crippen LogP contribution is 2.27. The summed E-state index contributed by atoms with van der Waals surface area (Å²) >= 11 is 1.37. The molecule has 1 aromatic carbocycles. The molecule has 1 heterocycles. The molecule has 0 spiro atoms. The number of carbonyl (C=O) groups excluding carboxylic acids is 2. The summed E-state index contributed by atoms with van der Waals surface area (Å²) in [6, 6.07) is 7.57. The number of carbonyl (C=O) groups is 2. The number of thiophene rings is 1. The molecule has 2 aromatic rings. The van der Waals surface area contributed by atoms with E-state index in [1.165, 1.54) is 11.3 Å². The molecule has 1 aromatic heterocycles. The molecule has 0 radical (unpaired) electrons. The van der Waals surface area contributed by atoms with Crippen molar-refractivity contribution < 1.29 is 14.7 Å². The topological polar surface area (TPSA) is 54.4 Å². The van der Waals surface area contributed by atoms with Gasteiger partial charge in [0.25, 0.3) is 0 Å². The Bertz CT molecular complexity index is 625. The molecular weight excluding hydrogens is 260 g/mol. The minimum atomic E-state index is -0.467. The van der Waals surface area contributed by atoms with Crippen LogP contribution in [-0.4, -0.2) is 23.3 Å². The predicted octanol–water partition coefficient (Wildman–Crippen LogP) is 2.84. The van der Waals surface area contributed by atoms with Crippen molar-refractivity contribution in [1.82, 2.24) is 0 Å². The van der Waals surface area contributed by atoms with Crippen LogP contribution < -0.4 is 0 Å². The fraction of sp³-hybridized carbons (Fsp3) is 0.333. The van der Waals surface area contributed by atoms with E-state index >= 15 is 0 Å². The van der Waals surface area contributed by atoms with Gasteiger partial charge in [-0.15, -0.1) is 11.3 Å². The maximum atomic E-state index is 11.7. The second-order valence-corrected chi connectivity index (χ2v) is 5.95. The van der Waals surface area contributed by atoms with Crippen LogP contribution in [0, 0.1) is 5.92 Å². The monoisotopic (exact) mass is 276 g/mol. The lowest BCUT2D eigenvalue weighted by molar-refractivity contribution is -0.121. The van der Waals surface area contributed by atoms with E-state index in [9.17, 15) is 9.59 Å². The van der Waals surface area contributed by atoms with Gasteiger partial charge in [0.1, 0.15) is 12.4 Å². The normalized spacial score (nSPS) is 11.2. The molecule has 0 saturated carbocycles. The van der Waals surface area contributed by atoms with E-state index in [1.807, 2.05) is 32.0 Å². The fourth-order valence-electron chi connectivity index (χ4n) is 1.82. The number of hydrogen-bond acceptors (Lipinski definition) is 4. The first kappa shape index (κ1) is 13.9. The molecule has 3 nitrogen and oxygen atoms in total. The Morgan fingerprint density at radius 3 is 2.63 bits per heavy atom. The zero-order valence-electron chi connectivity index (χ0n) is 11.0. The van der Waals surface area contributed by atoms with Crippen LogP contribution >= 0.6 is 11.3 Å². The Kier molecular flexibility index (Phi) is 4.12. The summed E-state index contributed by atoms with van der Waals surface area (Å²) in [6.45, 7) is 3.32. The minimum absolute atomic E-state index is 0.0321. The number of ketones is 2. The van der Waals surface area contributed by atoms with Gasteiger partial charge in [0.05, 0.1) is 4.88 Å². The van der Waals surface area contributed by atoms with Crippen molar-refractivity contribution in [2.75, 3.05) is 6.61 Å². The lowest BCUT2D eigenvalue weighted by Crippen LogP contribution is -2.09. The molecule has 0 bridgehead atoms. The van der Waals surface area contributed by atoms with Gasteiger partial charge in [-0.1, -0.05) is 19.9 Å². The van der Waals surface area contributed by atoms with Crippen molar-refractivity contribution >= 4 is 33.0 Å². The number of Topliss-reactive ketones (excluding diaryl/α,β-unsaturated/α-hetero) is 2. The van der Waals surface area contributed by atoms with Gasteiger partial charge in [0, 0.05) is 17.0 Å². The zero-order chi connectivity index (χ0) is 14.0. The van der Waals surface area contributed by atoms with Crippen LogP contribution in [0.3, 0.4) is 0 Å². The lowest BCUT2D eigenvalue weighted by Gasteiger charge is -2.04. The maximum absolute atomic E-state index is 11.7. The van der Waals surface area contributed by atoms with Gasteiger partial charge in [-0.2, -0.15) is 0 Å². The Morgan fingerprint density at radius 2 is 2.00 bits per heavy atom. The average Bonchev–Trinajstić information content (AvgIpc) is 2.80. The summed E-state index contributed by atoms with van der Waals surface area (Å²) in [4.78, 5) is 23.7. The standard InChI is InChI=1S/C15H16O3S/c1-9(2)12(17)6-10-3-4-14-11(5-10)7-15(19-14)13(18)8-16/h3-5,7,9,16H,6,8H2,1-2H3. The van der Waals surface area contributed by atoms with Crippen molar-refractivity contribution in [3.63, 3.8) is 0 Å². The number of rotatable bonds is 5. The molecule has 0 unspecified atom stereocenters. The van der Waals surface area contributed by atoms with E-state index in [-0.39, 0.29) is 17.5 Å². The molecule has 100 valence electrons. The predicted molar refractivity (Wildman–Crippen MR) is 76.8 cm³/mol. The second kappa shape index (κ2) is 5.63. The Balaban J connectivity index is 2.30. The van der Waals surface area contributed by atoms with E-state index in [2.05, 4.69) is 0 Å². The molecule has 0 fully saturated rings. The Labute approximate surface area is 115 Å². The van der Waals surface area contributed by atoms with Gasteiger partial charge in [0.2, 0.25) is 0 Å². The molecule has 2 rings (SSSR count). The average molecular weight is 276 g/mol. The fourth-order valence-corrected chi connectivity index (χ4v) is 2.80. The quantitative estimate of drug-likeness (QED) is 0.854. The van der Waals surface area contributed by atoms with E-state index in [0.717, 1.165) is 15.6 Å². The third-order valence-electron chi connectivity index (χ3n) is 3.02. The highest BCUT2D eigenvalue weighted by Gasteiger charge is 2.11. The van der Waals surface area contributed by atoms with Crippen molar-refractivity contribution in [2.45, 2.75) is 20.3 Å². The van der Waals surface area contributed by atoms with Crippen LogP contribution in [0.25, 0.3) is 10.1 Å². The third kappa shape index (κ3) is 3.08. The molecule has 19 heavy (non-hydrogen) atoms. The van der Waals surface area contributed by atoms with Crippen LogP contribution in [0.1, 0.15) is 29.1 Å². The molecule has 1 N–H and O–H groups in total. The van der Waals surface area contributed by atoms with Crippen LogP contribution in [-0.2, 0) is 11.2 Å². The number of aliphatic hydroxyl groups excluding tert-OH is 1. The zero-order valence-corrected chi connectivity index (χ0v) is 11.8. The molecule has 0 aliphatic rings. The Morgan fingerprint density at radius 1 is 1.26 bits per heavy atom. The summed E-state index contributed by atoms with van der Waals surface area (Å²) in [5.74, 6) is -0.0213. The first-order valence-corrected chi connectivity index (χ1v) is 7.02.